The third kappa shape index (κ3) is 4.24. The Balaban J connectivity index is 2.05. The minimum Gasteiger partial charge on any atom is -0.478 e. The van der Waals surface area contributed by atoms with Gasteiger partial charge in [-0.25, -0.2) is 14.0 Å². The van der Waals surface area contributed by atoms with Crippen LogP contribution in [0.5, 0.6) is 0 Å². The number of hydrogen-bond acceptors (Lipinski definition) is 3. The molecule has 0 atom stereocenters. The van der Waals surface area contributed by atoms with Gasteiger partial charge in [-0.2, -0.15) is 0 Å². The highest BCUT2D eigenvalue weighted by molar-refractivity contribution is 5.89. The summed E-state index contributed by atoms with van der Waals surface area (Å²) in [6, 6.07) is 3.05. The van der Waals surface area contributed by atoms with Crippen molar-refractivity contribution in [1.82, 2.24) is 4.90 Å². The molecule has 1 aromatic carbocycles. The number of nitrogens with zero attached hydrogens (tertiary/aromatic N) is 1. The molecule has 0 aromatic heterocycles. The Morgan fingerprint density at radius 3 is 2.29 bits per heavy atom. The zero-order valence-corrected chi connectivity index (χ0v) is 14.6. The van der Waals surface area contributed by atoms with E-state index in [2.05, 4.69) is 0 Å². The molecule has 5 nitrogen and oxygen atoms in total. The number of likely N-dealkylation sites (tertiary alicyclic amines) is 1. The summed E-state index contributed by atoms with van der Waals surface area (Å²) in [4.78, 5) is 24.8. The lowest BCUT2D eigenvalue weighted by atomic mass is 9.87. The molecule has 0 unspecified atom stereocenters. The Kier molecular flexibility index (Phi) is 5.16. The first-order valence-electron chi connectivity index (χ1n) is 8.10. The zero-order chi connectivity index (χ0) is 18.1. The van der Waals surface area contributed by atoms with Crippen LogP contribution in [0, 0.1) is 12.7 Å². The van der Waals surface area contributed by atoms with Crippen LogP contribution in [-0.2, 0) is 4.74 Å². The topological polar surface area (TPSA) is 66.8 Å². The molecule has 1 aliphatic heterocycles. The molecule has 1 aliphatic rings. The molecule has 24 heavy (non-hydrogen) atoms. The third-order valence-electron chi connectivity index (χ3n) is 4.14. The van der Waals surface area contributed by atoms with Crippen molar-refractivity contribution in [2.45, 2.75) is 52.1 Å². The number of aromatic carboxylic acids is 1. The minimum absolute atomic E-state index is 0.111. The van der Waals surface area contributed by atoms with Gasteiger partial charge in [-0.3, -0.25) is 0 Å². The smallest absolute Gasteiger partial charge is 0.410 e. The number of hydrogen-bond donors (Lipinski definition) is 1. The van der Waals surface area contributed by atoms with Crippen LogP contribution in [0.4, 0.5) is 9.18 Å². The molecule has 0 spiro atoms. The summed E-state index contributed by atoms with van der Waals surface area (Å²) in [5.74, 6) is -1.84. The number of carbonyl (C=O) groups is 2. The van der Waals surface area contributed by atoms with E-state index in [0.717, 1.165) is 5.56 Å². The monoisotopic (exact) mass is 337 g/mol. The maximum Gasteiger partial charge on any atom is 0.410 e. The SMILES string of the molecule is Cc1cc(C2CCN(C(=O)OC(C)(C)C)CC2)cc(F)c1C(=O)O. The average molecular weight is 337 g/mol. The Morgan fingerprint density at radius 2 is 1.83 bits per heavy atom. The fraction of sp³-hybridized carbons (Fsp3) is 0.556. The Labute approximate surface area is 141 Å². The van der Waals surface area contributed by atoms with E-state index in [1.807, 2.05) is 20.8 Å². The predicted octanol–water partition coefficient (Wildman–Crippen LogP) is 3.95. The molecule has 1 N–H and O–H groups in total. The highest BCUT2D eigenvalue weighted by Crippen LogP contribution is 2.31. The third-order valence-corrected chi connectivity index (χ3v) is 4.14. The summed E-state index contributed by atoms with van der Waals surface area (Å²) in [7, 11) is 0. The van der Waals surface area contributed by atoms with E-state index >= 15 is 0 Å². The van der Waals surface area contributed by atoms with E-state index in [4.69, 9.17) is 9.84 Å². The molecule has 1 fully saturated rings. The van der Waals surface area contributed by atoms with Crippen molar-refractivity contribution in [1.29, 1.82) is 0 Å². The molecule has 0 aliphatic carbocycles. The molecular formula is C18H24FNO4. The summed E-state index contributed by atoms with van der Waals surface area (Å²) in [5, 5.41) is 9.04. The van der Waals surface area contributed by atoms with E-state index in [-0.39, 0.29) is 17.6 Å². The van der Waals surface area contributed by atoms with Gasteiger partial charge in [-0.1, -0.05) is 6.07 Å². The number of carboxylic acid groups (broad SMARTS) is 1. The van der Waals surface area contributed by atoms with Gasteiger partial charge in [0.15, 0.2) is 0 Å². The summed E-state index contributed by atoms with van der Waals surface area (Å²) >= 11 is 0. The van der Waals surface area contributed by atoms with Crippen molar-refractivity contribution in [2.75, 3.05) is 13.1 Å². The van der Waals surface area contributed by atoms with Gasteiger partial charge in [-0.05, 0) is 63.6 Å². The number of rotatable bonds is 2. The van der Waals surface area contributed by atoms with E-state index in [0.29, 0.717) is 31.5 Å². The summed E-state index contributed by atoms with van der Waals surface area (Å²) in [6.45, 7) is 8.17. The van der Waals surface area contributed by atoms with Gasteiger partial charge < -0.3 is 14.7 Å². The molecule has 1 amide bonds. The number of carboxylic acids is 1. The van der Waals surface area contributed by atoms with Crippen LogP contribution >= 0.6 is 0 Å². The highest BCUT2D eigenvalue weighted by atomic mass is 19.1. The number of benzene rings is 1. The number of amides is 1. The number of piperidine rings is 1. The van der Waals surface area contributed by atoms with E-state index in [9.17, 15) is 14.0 Å². The normalized spacial score (nSPS) is 16.1. The molecule has 6 heteroatoms. The molecular weight excluding hydrogens is 313 g/mol. The van der Waals surface area contributed by atoms with Gasteiger partial charge in [0.25, 0.3) is 0 Å². The lowest BCUT2D eigenvalue weighted by Gasteiger charge is -2.33. The zero-order valence-electron chi connectivity index (χ0n) is 14.6. The predicted molar refractivity (Wildman–Crippen MR) is 87.9 cm³/mol. The standard InChI is InChI=1S/C18H24FNO4/c1-11-9-13(10-14(19)15(11)16(21)22)12-5-7-20(8-6-12)17(23)24-18(2,3)4/h9-10,12H,5-8H2,1-4H3,(H,21,22). The molecule has 1 aromatic rings. The second-order valence-electron chi connectivity index (χ2n) is 7.24. The molecule has 0 saturated carbocycles. The average Bonchev–Trinajstić information content (AvgIpc) is 2.44. The van der Waals surface area contributed by atoms with Crippen LogP contribution in [-0.4, -0.2) is 40.8 Å². The van der Waals surface area contributed by atoms with Gasteiger partial charge in [-0.15, -0.1) is 0 Å². The Bertz CT molecular complexity index is 620. The first kappa shape index (κ1) is 18.2. The van der Waals surface area contributed by atoms with E-state index < -0.39 is 17.4 Å². The van der Waals surface area contributed by atoms with Crippen molar-refractivity contribution < 1.29 is 23.8 Å². The second kappa shape index (κ2) is 6.79. The van der Waals surface area contributed by atoms with Crippen molar-refractivity contribution in [3.05, 3.63) is 34.6 Å². The first-order valence-corrected chi connectivity index (χ1v) is 8.10. The van der Waals surface area contributed by atoms with E-state index in [1.165, 1.54) is 6.07 Å². The van der Waals surface area contributed by atoms with E-state index in [1.54, 1.807) is 17.9 Å². The molecule has 0 radical (unpaired) electrons. The van der Waals surface area contributed by atoms with Crippen molar-refractivity contribution in [3.8, 4) is 0 Å². The van der Waals surface area contributed by atoms with Crippen LogP contribution in [0.1, 0.15) is 61.0 Å². The van der Waals surface area contributed by atoms with Crippen LogP contribution < -0.4 is 0 Å². The van der Waals surface area contributed by atoms with Crippen LogP contribution in [0.25, 0.3) is 0 Å². The maximum absolute atomic E-state index is 14.0. The van der Waals surface area contributed by atoms with Crippen LogP contribution in [0.2, 0.25) is 0 Å². The number of halogens is 1. The van der Waals surface area contributed by atoms with Crippen LogP contribution in [0.15, 0.2) is 12.1 Å². The summed E-state index contributed by atoms with van der Waals surface area (Å²) in [5.41, 5.74) is 0.414. The largest absolute Gasteiger partial charge is 0.478 e. The van der Waals surface area contributed by atoms with Gasteiger partial charge in [0.1, 0.15) is 11.4 Å². The Morgan fingerprint density at radius 1 is 1.25 bits per heavy atom. The number of ether oxygens (including phenoxy) is 1. The molecule has 2 rings (SSSR count). The fourth-order valence-electron chi connectivity index (χ4n) is 3.00. The second-order valence-corrected chi connectivity index (χ2v) is 7.24. The molecule has 132 valence electrons. The molecule has 0 bridgehead atoms. The van der Waals surface area contributed by atoms with Gasteiger partial charge in [0.05, 0.1) is 5.56 Å². The maximum atomic E-state index is 14.0. The van der Waals surface area contributed by atoms with Crippen molar-refractivity contribution in [3.63, 3.8) is 0 Å². The summed E-state index contributed by atoms with van der Waals surface area (Å²) in [6.07, 6.45) is 1.07. The minimum atomic E-state index is -1.25. The number of carbonyl (C=O) groups excluding carboxylic acids is 1. The van der Waals surface area contributed by atoms with Gasteiger partial charge in [0.2, 0.25) is 0 Å². The van der Waals surface area contributed by atoms with Gasteiger partial charge >= 0.3 is 12.1 Å². The Hall–Kier alpha value is -2.11. The van der Waals surface area contributed by atoms with Crippen molar-refractivity contribution >= 4 is 12.1 Å². The fourth-order valence-corrected chi connectivity index (χ4v) is 3.00. The van der Waals surface area contributed by atoms with Crippen molar-refractivity contribution in [2.24, 2.45) is 0 Å². The van der Waals surface area contributed by atoms with Gasteiger partial charge in [0, 0.05) is 13.1 Å². The lowest BCUT2D eigenvalue weighted by molar-refractivity contribution is 0.0204. The highest BCUT2D eigenvalue weighted by Gasteiger charge is 2.28. The quantitative estimate of drug-likeness (QED) is 0.887. The first-order chi connectivity index (χ1) is 11.1. The lowest BCUT2D eigenvalue weighted by Crippen LogP contribution is -2.41. The molecule has 1 saturated heterocycles. The molecule has 1 heterocycles. The number of aryl methyl sites for hydroxylation is 1. The van der Waals surface area contributed by atoms with Crippen LogP contribution in [0.3, 0.4) is 0 Å². The summed E-state index contributed by atoms with van der Waals surface area (Å²) < 4.78 is 19.4.